The van der Waals surface area contributed by atoms with Gasteiger partial charge in [-0.05, 0) is 32.2 Å². The predicted octanol–water partition coefficient (Wildman–Crippen LogP) is 1.02. The van der Waals surface area contributed by atoms with E-state index in [4.69, 9.17) is 0 Å². The van der Waals surface area contributed by atoms with E-state index in [0.29, 0.717) is 12.5 Å². The molecule has 1 fully saturated rings. The van der Waals surface area contributed by atoms with E-state index in [1.165, 1.54) is 12.8 Å². The molecule has 1 aliphatic carbocycles. The quantitative estimate of drug-likeness (QED) is 0.558. The Morgan fingerprint density at radius 3 is 2.45 bits per heavy atom. The van der Waals surface area contributed by atoms with E-state index in [-0.39, 0.29) is 18.9 Å². The maximum Gasteiger partial charge on any atom is 0.411 e. The number of rotatable bonds is 11. The summed E-state index contributed by atoms with van der Waals surface area (Å²) in [6.45, 7) is -0.989. The first-order chi connectivity index (χ1) is 9.29. The summed E-state index contributed by atoms with van der Waals surface area (Å²) >= 11 is 0. The van der Waals surface area contributed by atoms with Crippen LogP contribution in [0.25, 0.3) is 0 Å². The number of hydrogen-bond acceptors (Lipinski definition) is 4. The molecule has 1 aliphatic rings. The summed E-state index contributed by atoms with van der Waals surface area (Å²) in [5, 5.41) is 3.28. The van der Waals surface area contributed by atoms with Gasteiger partial charge >= 0.3 is 6.18 Å². The Labute approximate surface area is 117 Å². The largest absolute Gasteiger partial charge is 0.411 e. The van der Waals surface area contributed by atoms with Gasteiger partial charge in [-0.25, -0.2) is 13.1 Å². The van der Waals surface area contributed by atoms with Crippen molar-refractivity contribution < 1.29 is 26.3 Å². The molecule has 2 N–H and O–H groups in total. The normalized spacial score (nSPS) is 16.6. The van der Waals surface area contributed by atoms with Crippen LogP contribution in [0.4, 0.5) is 13.2 Å². The molecule has 0 spiro atoms. The summed E-state index contributed by atoms with van der Waals surface area (Å²) < 4.78 is 64.7. The van der Waals surface area contributed by atoms with Crippen molar-refractivity contribution in [2.45, 2.75) is 37.9 Å². The highest BCUT2D eigenvalue weighted by Crippen LogP contribution is 2.18. The van der Waals surface area contributed by atoms with Gasteiger partial charge in [-0.15, -0.1) is 0 Å². The Bertz CT molecular complexity index is 370. The van der Waals surface area contributed by atoms with Crippen LogP contribution in [0, 0.1) is 0 Å². The Balaban J connectivity index is 1.96. The zero-order valence-electron chi connectivity index (χ0n) is 11.2. The Morgan fingerprint density at radius 1 is 1.15 bits per heavy atom. The number of hydrogen-bond donors (Lipinski definition) is 2. The fraction of sp³-hybridized carbons (Fsp3) is 1.00. The van der Waals surface area contributed by atoms with Gasteiger partial charge in [-0.3, -0.25) is 0 Å². The molecule has 0 atom stereocenters. The smallest absolute Gasteiger partial charge is 0.371 e. The molecule has 0 unspecified atom stereocenters. The fourth-order valence-electron chi connectivity index (χ4n) is 1.54. The monoisotopic (exact) mass is 318 g/mol. The maximum absolute atomic E-state index is 11.7. The molecular weight excluding hydrogens is 297 g/mol. The minimum absolute atomic E-state index is 0.0153. The molecule has 0 bridgehead atoms. The second-order valence-corrected chi connectivity index (χ2v) is 6.74. The number of unbranched alkanes of at least 4 members (excludes halogenated alkanes) is 1. The second-order valence-electron chi connectivity index (χ2n) is 4.82. The molecular formula is C11H21F3N2O3S. The van der Waals surface area contributed by atoms with Crippen LogP contribution in [0.3, 0.4) is 0 Å². The lowest BCUT2D eigenvalue weighted by atomic mass is 10.3. The van der Waals surface area contributed by atoms with Gasteiger partial charge in [0, 0.05) is 12.6 Å². The zero-order valence-corrected chi connectivity index (χ0v) is 12.0. The third-order valence-corrected chi connectivity index (χ3v) is 4.15. The molecule has 0 aromatic heterocycles. The van der Waals surface area contributed by atoms with Crippen LogP contribution in [0.15, 0.2) is 0 Å². The summed E-state index contributed by atoms with van der Waals surface area (Å²) in [6.07, 6.45) is -0.705. The van der Waals surface area contributed by atoms with E-state index < -0.39 is 22.8 Å². The summed E-state index contributed by atoms with van der Waals surface area (Å²) in [5.41, 5.74) is 0. The summed E-state index contributed by atoms with van der Waals surface area (Å²) in [4.78, 5) is 0. The van der Waals surface area contributed by atoms with Gasteiger partial charge in [-0.1, -0.05) is 0 Å². The van der Waals surface area contributed by atoms with E-state index in [1.807, 2.05) is 0 Å². The molecule has 0 radical (unpaired) electrons. The molecule has 0 aromatic rings. The SMILES string of the molecule is O=S(=O)(CCCCNC1CC1)NCCOCC(F)(F)F. The molecule has 0 aliphatic heterocycles. The van der Waals surface area contributed by atoms with Crippen LogP contribution in [0.2, 0.25) is 0 Å². The Morgan fingerprint density at radius 2 is 1.85 bits per heavy atom. The number of alkyl halides is 3. The lowest BCUT2D eigenvalue weighted by Gasteiger charge is -2.09. The summed E-state index contributed by atoms with van der Waals surface area (Å²) in [6, 6.07) is 0.607. The molecule has 0 saturated heterocycles. The van der Waals surface area contributed by atoms with Gasteiger partial charge in [0.25, 0.3) is 0 Å². The van der Waals surface area contributed by atoms with Crippen molar-refractivity contribution in [2.24, 2.45) is 0 Å². The van der Waals surface area contributed by atoms with Gasteiger partial charge in [-0.2, -0.15) is 13.2 Å². The lowest BCUT2D eigenvalue weighted by molar-refractivity contribution is -0.173. The lowest BCUT2D eigenvalue weighted by Crippen LogP contribution is -2.31. The van der Waals surface area contributed by atoms with Gasteiger partial charge in [0.15, 0.2) is 0 Å². The standard InChI is InChI=1S/C11H21F3N2O3S/c12-11(13,14)9-19-7-6-16-20(17,18)8-2-1-5-15-10-3-4-10/h10,15-16H,1-9H2. The first kappa shape index (κ1) is 17.7. The zero-order chi connectivity index (χ0) is 15.1. The van der Waals surface area contributed by atoms with Crippen LogP contribution < -0.4 is 10.0 Å². The highest BCUT2D eigenvalue weighted by Gasteiger charge is 2.27. The highest BCUT2D eigenvalue weighted by molar-refractivity contribution is 7.89. The maximum atomic E-state index is 11.7. The van der Waals surface area contributed by atoms with Gasteiger partial charge in [0.2, 0.25) is 10.0 Å². The molecule has 0 heterocycles. The van der Waals surface area contributed by atoms with E-state index in [0.717, 1.165) is 13.0 Å². The summed E-state index contributed by atoms with van der Waals surface area (Å²) in [7, 11) is -3.42. The third-order valence-electron chi connectivity index (χ3n) is 2.68. The van der Waals surface area contributed by atoms with Gasteiger partial charge in [0.05, 0.1) is 12.4 Å². The Kier molecular flexibility index (Phi) is 7.21. The van der Waals surface area contributed by atoms with Crippen molar-refractivity contribution >= 4 is 10.0 Å². The first-order valence-electron chi connectivity index (χ1n) is 6.64. The third kappa shape index (κ3) is 10.4. The van der Waals surface area contributed by atoms with Crippen molar-refractivity contribution in [1.29, 1.82) is 0 Å². The topological polar surface area (TPSA) is 67.4 Å². The molecule has 20 heavy (non-hydrogen) atoms. The molecule has 0 amide bonds. The first-order valence-corrected chi connectivity index (χ1v) is 8.29. The van der Waals surface area contributed by atoms with Crippen molar-refractivity contribution in [3.05, 3.63) is 0 Å². The van der Waals surface area contributed by atoms with E-state index in [1.54, 1.807) is 0 Å². The molecule has 120 valence electrons. The molecule has 1 saturated carbocycles. The van der Waals surface area contributed by atoms with Gasteiger partial charge in [0.1, 0.15) is 6.61 Å². The van der Waals surface area contributed by atoms with Crippen molar-refractivity contribution in [3.8, 4) is 0 Å². The molecule has 9 heteroatoms. The van der Waals surface area contributed by atoms with Crippen LogP contribution in [0.5, 0.6) is 0 Å². The minimum atomic E-state index is -4.38. The van der Waals surface area contributed by atoms with Gasteiger partial charge < -0.3 is 10.1 Å². The number of nitrogens with one attached hydrogen (secondary N) is 2. The number of halogens is 3. The molecule has 0 aromatic carbocycles. The molecule has 1 rings (SSSR count). The average Bonchev–Trinajstić information content (AvgIpc) is 3.10. The number of sulfonamides is 1. The van der Waals surface area contributed by atoms with Crippen LogP contribution in [-0.2, 0) is 14.8 Å². The van der Waals surface area contributed by atoms with Crippen molar-refractivity contribution in [3.63, 3.8) is 0 Å². The van der Waals surface area contributed by atoms with Crippen molar-refractivity contribution in [1.82, 2.24) is 10.0 Å². The van der Waals surface area contributed by atoms with E-state index in [9.17, 15) is 21.6 Å². The number of ether oxygens (including phenoxy) is 1. The average molecular weight is 318 g/mol. The fourth-order valence-corrected chi connectivity index (χ4v) is 2.66. The van der Waals surface area contributed by atoms with Crippen LogP contribution >= 0.6 is 0 Å². The second kappa shape index (κ2) is 8.16. The van der Waals surface area contributed by atoms with Crippen molar-refractivity contribution in [2.75, 3.05) is 32.1 Å². The minimum Gasteiger partial charge on any atom is -0.371 e. The van der Waals surface area contributed by atoms with E-state index >= 15 is 0 Å². The Hall–Kier alpha value is -0.380. The molecule has 5 nitrogen and oxygen atoms in total. The van der Waals surface area contributed by atoms with Crippen LogP contribution in [0.1, 0.15) is 25.7 Å². The van der Waals surface area contributed by atoms with Crippen LogP contribution in [-0.4, -0.2) is 52.7 Å². The van der Waals surface area contributed by atoms with E-state index in [2.05, 4.69) is 14.8 Å². The predicted molar refractivity (Wildman–Crippen MR) is 68.9 cm³/mol. The highest BCUT2D eigenvalue weighted by atomic mass is 32.2. The summed E-state index contributed by atoms with van der Waals surface area (Å²) in [5.74, 6) is -0.0153.